The fourth-order valence-electron chi connectivity index (χ4n) is 6.00. The maximum atomic E-state index is 13.9. The molecule has 1 N–H and O–H groups in total. The number of benzene rings is 2. The van der Waals surface area contributed by atoms with Gasteiger partial charge in [0.05, 0.1) is 4.90 Å². The van der Waals surface area contributed by atoms with Gasteiger partial charge in [-0.2, -0.15) is 4.31 Å². The molecule has 192 valence electrons. The van der Waals surface area contributed by atoms with Gasteiger partial charge >= 0.3 is 0 Å². The van der Waals surface area contributed by atoms with Crippen LogP contribution in [-0.2, 0) is 27.8 Å². The first kappa shape index (κ1) is 26.1. The van der Waals surface area contributed by atoms with Crippen LogP contribution in [0.15, 0.2) is 66.1 Å². The summed E-state index contributed by atoms with van der Waals surface area (Å²) in [4.78, 5) is 27.0. The third kappa shape index (κ3) is 4.97. The highest BCUT2D eigenvalue weighted by atomic mass is 32.2. The van der Waals surface area contributed by atoms with Gasteiger partial charge in [0.2, 0.25) is 15.9 Å². The standard InChI is InChI=1S/C28H35N3O4S/c1-6-25(32)29-23-17-27(2,3)31(28(4,5)18-23)36(34,35)24-13-11-21(12-14-24)26(33)30-16-15-20-9-7-8-10-22(20)19-30/h6-14,23H,1,15-19H2,2-5H3,(H,29,32). The van der Waals surface area contributed by atoms with Crippen LogP contribution in [0.1, 0.15) is 62.0 Å². The fourth-order valence-corrected chi connectivity index (χ4v) is 8.14. The fraction of sp³-hybridized carbons (Fsp3) is 0.429. The number of rotatable bonds is 5. The summed E-state index contributed by atoms with van der Waals surface area (Å²) in [5, 5.41) is 2.93. The van der Waals surface area contributed by atoms with E-state index in [0.717, 1.165) is 12.0 Å². The molecule has 0 bridgehead atoms. The van der Waals surface area contributed by atoms with E-state index in [1.54, 1.807) is 21.3 Å². The lowest BCUT2D eigenvalue weighted by Gasteiger charge is -2.53. The average molecular weight is 510 g/mol. The molecule has 2 aromatic rings. The zero-order chi connectivity index (χ0) is 26.3. The highest BCUT2D eigenvalue weighted by Crippen LogP contribution is 2.42. The van der Waals surface area contributed by atoms with E-state index in [2.05, 4.69) is 18.0 Å². The van der Waals surface area contributed by atoms with Crippen molar-refractivity contribution in [1.82, 2.24) is 14.5 Å². The SMILES string of the molecule is C=CC(=O)NC1CC(C)(C)N(S(=O)(=O)c2ccc(C(=O)N3CCc4ccccc4C3)cc2)C(C)(C)C1. The van der Waals surface area contributed by atoms with E-state index in [-0.39, 0.29) is 22.8 Å². The second-order valence-electron chi connectivity index (χ2n) is 11.0. The van der Waals surface area contributed by atoms with Gasteiger partial charge in [-0.1, -0.05) is 30.8 Å². The summed E-state index contributed by atoms with van der Waals surface area (Å²) in [7, 11) is -3.87. The van der Waals surface area contributed by atoms with Crippen LogP contribution in [0.2, 0.25) is 0 Å². The molecule has 7 nitrogen and oxygen atoms in total. The number of nitrogens with zero attached hydrogens (tertiary/aromatic N) is 2. The number of amides is 2. The van der Waals surface area contributed by atoms with Gasteiger partial charge < -0.3 is 10.2 Å². The van der Waals surface area contributed by atoms with Crippen molar-refractivity contribution >= 4 is 21.8 Å². The van der Waals surface area contributed by atoms with Crippen molar-refractivity contribution in [2.24, 2.45) is 0 Å². The zero-order valence-corrected chi connectivity index (χ0v) is 22.3. The van der Waals surface area contributed by atoms with Gasteiger partial charge in [-0.15, -0.1) is 0 Å². The molecule has 1 saturated heterocycles. The minimum absolute atomic E-state index is 0.104. The van der Waals surface area contributed by atoms with E-state index in [1.807, 2.05) is 45.9 Å². The maximum Gasteiger partial charge on any atom is 0.254 e. The number of carbonyl (C=O) groups excluding carboxylic acids is 2. The highest BCUT2D eigenvalue weighted by Gasteiger charge is 2.51. The minimum Gasteiger partial charge on any atom is -0.350 e. The lowest BCUT2D eigenvalue weighted by Crippen LogP contribution is -2.65. The van der Waals surface area contributed by atoms with Crippen LogP contribution >= 0.6 is 0 Å². The Bertz CT molecular complexity index is 1260. The first-order valence-electron chi connectivity index (χ1n) is 12.3. The Kier molecular flexibility index (Phi) is 6.88. The van der Waals surface area contributed by atoms with Crippen molar-refractivity contribution in [3.63, 3.8) is 0 Å². The molecule has 36 heavy (non-hydrogen) atoms. The minimum atomic E-state index is -3.87. The summed E-state index contributed by atoms with van der Waals surface area (Å²) in [6.45, 7) is 12.2. The van der Waals surface area contributed by atoms with Gasteiger partial charge in [0.25, 0.3) is 5.91 Å². The Morgan fingerprint density at radius 3 is 2.14 bits per heavy atom. The lowest BCUT2D eigenvalue weighted by molar-refractivity contribution is -0.118. The molecule has 2 aliphatic heterocycles. The molecule has 0 unspecified atom stereocenters. The van der Waals surface area contributed by atoms with E-state index >= 15 is 0 Å². The number of hydrogen-bond donors (Lipinski definition) is 1. The van der Waals surface area contributed by atoms with Crippen LogP contribution in [0.25, 0.3) is 0 Å². The number of sulfonamides is 1. The molecule has 2 aromatic carbocycles. The Morgan fingerprint density at radius 2 is 1.56 bits per heavy atom. The van der Waals surface area contributed by atoms with Gasteiger partial charge in [-0.25, -0.2) is 8.42 Å². The normalized spacial score (nSPS) is 19.8. The second kappa shape index (κ2) is 9.48. The van der Waals surface area contributed by atoms with Crippen molar-refractivity contribution in [2.75, 3.05) is 6.54 Å². The second-order valence-corrected chi connectivity index (χ2v) is 12.8. The van der Waals surface area contributed by atoms with Crippen LogP contribution in [0.5, 0.6) is 0 Å². The summed E-state index contributed by atoms with van der Waals surface area (Å²) < 4.78 is 29.3. The summed E-state index contributed by atoms with van der Waals surface area (Å²) >= 11 is 0. The van der Waals surface area contributed by atoms with Gasteiger partial charge in [0, 0.05) is 35.8 Å². The maximum absolute atomic E-state index is 13.9. The van der Waals surface area contributed by atoms with E-state index in [0.29, 0.717) is 31.5 Å². The smallest absolute Gasteiger partial charge is 0.254 e. The van der Waals surface area contributed by atoms with Crippen LogP contribution < -0.4 is 5.32 Å². The van der Waals surface area contributed by atoms with Crippen molar-refractivity contribution in [3.05, 3.63) is 77.9 Å². The third-order valence-corrected chi connectivity index (χ3v) is 9.52. The molecular weight excluding hydrogens is 474 g/mol. The third-order valence-electron chi connectivity index (χ3n) is 7.18. The summed E-state index contributed by atoms with van der Waals surface area (Å²) in [5.74, 6) is -0.367. The monoisotopic (exact) mass is 509 g/mol. The quantitative estimate of drug-likeness (QED) is 0.620. The van der Waals surface area contributed by atoms with Gasteiger partial charge in [0.1, 0.15) is 0 Å². The van der Waals surface area contributed by atoms with E-state index < -0.39 is 21.1 Å². The van der Waals surface area contributed by atoms with Crippen molar-refractivity contribution in [3.8, 4) is 0 Å². The Hall–Kier alpha value is -2.97. The lowest BCUT2D eigenvalue weighted by atomic mass is 9.79. The molecule has 0 aliphatic carbocycles. The molecule has 2 amide bonds. The summed E-state index contributed by atoms with van der Waals surface area (Å²) in [5.41, 5.74) is 1.40. The Morgan fingerprint density at radius 1 is 0.972 bits per heavy atom. The molecule has 2 heterocycles. The summed E-state index contributed by atoms with van der Waals surface area (Å²) in [6, 6.07) is 14.2. The van der Waals surface area contributed by atoms with Gasteiger partial charge in [-0.3, -0.25) is 9.59 Å². The number of carbonyl (C=O) groups is 2. The molecule has 0 aromatic heterocycles. The van der Waals surface area contributed by atoms with Crippen LogP contribution in [0, 0.1) is 0 Å². The van der Waals surface area contributed by atoms with E-state index in [4.69, 9.17) is 0 Å². The molecule has 0 radical (unpaired) electrons. The predicted molar refractivity (Wildman–Crippen MR) is 140 cm³/mol. The molecule has 4 rings (SSSR count). The number of nitrogens with one attached hydrogen (secondary N) is 1. The molecule has 1 fully saturated rings. The van der Waals surface area contributed by atoms with Crippen LogP contribution in [0.3, 0.4) is 0 Å². The Labute approximate surface area is 214 Å². The number of hydrogen-bond acceptors (Lipinski definition) is 4. The molecule has 0 atom stereocenters. The molecule has 8 heteroatoms. The topological polar surface area (TPSA) is 86.8 Å². The number of fused-ring (bicyclic) bond motifs is 1. The van der Waals surface area contributed by atoms with Gasteiger partial charge in [-0.05, 0) is 88.4 Å². The first-order chi connectivity index (χ1) is 16.8. The largest absolute Gasteiger partial charge is 0.350 e. The van der Waals surface area contributed by atoms with Crippen molar-refractivity contribution in [2.45, 2.75) is 75.5 Å². The zero-order valence-electron chi connectivity index (χ0n) is 21.5. The molecule has 0 saturated carbocycles. The molecule has 0 spiro atoms. The molecule has 2 aliphatic rings. The average Bonchev–Trinajstić information content (AvgIpc) is 2.81. The Balaban J connectivity index is 1.55. The number of piperidine rings is 1. The van der Waals surface area contributed by atoms with Crippen LogP contribution in [0.4, 0.5) is 0 Å². The van der Waals surface area contributed by atoms with Gasteiger partial charge in [0.15, 0.2) is 0 Å². The highest BCUT2D eigenvalue weighted by molar-refractivity contribution is 7.89. The van der Waals surface area contributed by atoms with Crippen LogP contribution in [-0.4, -0.2) is 53.1 Å². The summed E-state index contributed by atoms with van der Waals surface area (Å²) in [6.07, 6.45) is 2.99. The molecular formula is C28H35N3O4S. The van der Waals surface area contributed by atoms with Crippen molar-refractivity contribution < 1.29 is 18.0 Å². The van der Waals surface area contributed by atoms with E-state index in [1.165, 1.54) is 23.8 Å². The van der Waals surface area contributed by atoms with Crippen molar-refractivity contribution in [1.29, 1.82) is 0 Å². The van der Waals surface area contributed by atoms with E-state index in [9.17, 15) is 18.0 Å². The predicted octanol–water partition coefficient (Wildman–Crippen LogP) is 3.90. The first-order valence-corrected chi connectivity index (χ1v) is 13.7.